The molecule has 2 amide bonds. The van der Waals surface area contributed by atoms with Crippen molar-refractivity contribution in [3.8, 4) is 0 Å². The second-order valence-corrected chi connectivity index (χ2v) is 7.00. The standard InChI is InChI=1S/C19H25FN2O3/c20-16-5-3-15(4-6-16)18(24)19(25)22-12-8-14(9-13-22)7-11-21-10-1-2-17(21)23/h3-6,14,18,24H,1-2,7-13H2/t18-/m0/s1. The first-order valence-corrected chi connectivity index (χ1v) is 9.04. The molecule has 25 heavy (non-hydrogen) atoms. The maximum absolute atomic E-state index is 13.0. The molecule has 2 aliphatic rings. The van der Waals surface area contributed by atoms with E-state index in [1.807, 2.05) is 4.90 Å². The highest BCUT2D eigenvalue weighted by molar-refractivity contribution is 5.82. The largest absolute Gasteiger partial charge is 0.378 e. The number of amides is 2. The van der Waals surface area contributed by atoms with Crippen molar-refractivity contribution in [3.05, 3.63) is 35.6 Å². The van der Waals surface area contributed by atoms with Crippen molar-refractivity contribution in [1.29, 1.82) is 0 Å². The number of halogens is 1. The van der Waals surface area contributed by atoms with E-state index in [4.69, 9.17) is 0 Å². The number of benzene rings is 1. The Morgan fingerprint density at radius 1 is 1.20 bits per heavy atom. The molecule has 5 nitrogen and oxygen atoms in total. The predicted octanol–water partition coefficient (Wildman–Crippen LogP) is 2.11. The quantitative estimate of drug-likeness (QED) is 0.887. The molecule has 1 aromatic rings. The molecule has 0 unspecified atom stereocenters. The van der Waals surface area contributed by atoms with Gasteiger partial charge in [-0.15, -0.1) is 0 Å². The van der Waals surface area contributed by atoms with E-state index in [1.165, 1.54) is 24.3 Å². The summed E-state index contributed by atoms with van der Waals surface area (Å²) in [6, 6.07) is 5.38. The third-order valence-corrected chi connectivity index (χ3v) is 5.32. The number of rotatable bonds is 5. The molecule has 0 saturated carbocycles. The van der Waals surface area contributed by atoms with Crippen molar-refractivity contribution in [3.63, 3.8) is 0 Å². The van der Waals surface area contributed by atoms with Gasteiger partial charge < -0.3 is 14.9 Å². The highest BCUT2D eigenvalue weighted by Crippen LogP contribution is 2.25. The summed E-state index contributed by atoms with van der Waals surface area (Å²) >= 11 is 0. The van der Waals surface area contributed by atoms with Crippen molar-refractivity contribution in [1.82, 2.24) is 9.80 Å². The van der Waals surface area contributed by atoms with Gasteiger partial charge in [-0.25, -0.2) is 4.39 Å². The van der Waals surface area contributed by atoms with Crippen molar-refractivity contribution < 1.29 is 19.1 Å². The zero-order valence-corrected chi connectivity index (χ0v) is 14.4. The van der Waals surface area contributed by atoms with Gasteiger partial charge in [0.1, 0.15) is 5.82 Å². The van der Waals surface area contributed by atoms with E-state index < -0.39 is 6.10 Å². The van der Waals surface area contributed by atoms with Gasteiger partial charge in [0.05, 0.1) is 0 Å². The van der Waals surface area contributed by atoms with E-state index in [0.717, 1.165) is 38.8 Å². The lowest BCUT2D eigenvalue weighted by atomic mass is 9.93. The van der Waals surface area contributed by atoms with Gasteiger partial charge in [-0.2, -0.15) is 0 Å². The van der Waals surface area contributed by atoms with Crippen LogP contribution in [0.15, 0.2) is 24.3 Å². The highest BCUT2D eigenvalue weighted by Gasteiger charge is 2.29. The summed E-state index contributed by atoms with van der Waals surface area (Å²) in [5.74, 6) is 0.0657. The van der Waals surface area contributed by atoms with E-state index in [0.29, 0.717) is 31.0 Å². The van der Waals surface area contributed by atoms with Gasteiger partial charge in [-0.1, -0.05) is 12.1 Å². The monoisotopic (exact) mass is 348 g/mol. The molecule has 0 radical (unpaired) electrons. The number of piperidine rings is 1. The lowest BCUT2D eigenvalue weighted by molar-refractivity contribution is -0.142. The molecule has 2 aliphatic heterocycles. The van der Waals surface area contributed by atoms with Crippen LogP contribution in [0.25, 0.3) is 0 Å². The Bertz CT molecular complexity index is 612. The molecule has 1 N–H and O–H groups in total. The van der Waals surface area contributed by atoms with Crippen LogP contribution in [0, 0.1) is 11.7 Å². The number of hydrogen-bond donors (Lipinski definition) is 1. The van der Waals surface area contributed by atoms with E-state index in [1.54, 1.807) is 4.90 Å². The summed E-state index contributed by atoms with van der Waals surface area (Å²) in [5, 5.41) is 10.2. The Kier molecular flexibility index (Phi) is 5.68. The zero-order chi connectivity index (χ0) is 17.8. The Morgan fingerprint density at radius 3 is 2.48 bits per heavy atom. The van der Waals surface area contributed by atoms with Crippen LogP contribution in [-0.4, -0.2) is 52.9 Å². The minimum absolute atomic E-state index is 0.259. The molecule has 0 bridgehead atoms. The average molecular weight is 348 g/mol. The Labute approximate surface area is 147 Å². The van der Waals surface area contributed by atoms with Gasteiger partial charge in [0, 0.05) is 32.6 Å². The maximum atomic E-state index is 13.0. The first-order valence-electron chi connectivity index (χ1n) is 9.04. The summed E-state index contributed by atoms with van der Waals surface area (Å²) in [4.78, 5) is 27.7. The van der Waals surface area contributed by atoms with Crippen LogP contribution in [0.4, 0.5) is 4.39 Å². The van der Waals surface area contributed by atoms with Gasteiger partial charge >= 0.3 is 0 Å². The molecular formula is C19H25FN2O3. The number of nitrogens with zero attached hydrogens (tertiary/aromatic N) is 2. The number of likely N-dealkylation sites (tertiary alicyclic amines) is 2. The Morgan fingerprint density at radius 2 is 1.88 bits per heavy atom. The first-order chi connectivity index (χ1) is 12.0. The van der Waals surface area contributed by atoms with Gasteiger partial charge in [0.25, 0.3) is 5.91 Å². The van der Waals surface area contributed by atoms with Crippen LogP contribution in [0.1, 0.15) is 43.8 Å². The zero-order valence-electron chi connectivity index (χ0n) is 14.4. The second-order valence-electron chi connectivity index (χ2n) is 7.00. The number of aliphatic hydroxyl groups is 1. The molecule has 136 valence electrons. The molecule has 0 aliphatic carbocycles. The summed E-state index contributed by atoms with van der Waals surface area (Å²) in [7, 11) is 0. The molecule has 2 heterocycles. The van der Waals surface area contributed by atoms with Crippen LogP contribution in [-0.2, 0) is 9.59 Å². The molecule has 1 atom stereocenters. The van der Waals surface area contributed by atoms with E-state index in [2.05, 4.69) is 0 Å². The fourth-order valence-corrected chi connectivity index (χ4v) is 3.68. The summed E-state index contributed by atoms with van der Waals surface area (Å²) in [5.41, 5.74) is 0.418. The van der Waals surface area contributed by atoms with Crippen LogP contribution in [0.5, 0.6) is 0 Å². The normalized spacial score (nSPS) is 20.2. The fraction of sp³-hybridized carbons (Fsp3) is 0.579. The minimum atomic E-state index is -1.24. The average Bonchev–Trinajstić information content (AvgIpc) is 3.05. The highest BCUT2D eigenvalue weighted by atomic mass is 19.1. The van der Waals surface area contributed by atoms with Gasteiger partial charge in [0.15, 0.2) is 6.10 Å². The third kappa shape index (κ3) is 4.37. The summed E-state index contributed by atoms with van der Waals surface area (Å²) in [6.45, 7) is 2.93. The van der Waals surface area contributed by atoms with Gasteiger partial charge in [-0.3, -0.25) is 9.59 Å². The predicted molar refractivity (Wildman–Crippen MR) is 91.1 cm³/mol. The van der Waals surface area contributed by atoms with Gasteiger partial charge in [-0.05, 0) is 49.3 Å². The fourth-order valence-electron chi connectivity index (χ4n) is 3.68. The topological polar surface area (TPSA) is 60.9 Å². The molecule has 6 heteroatoms. The van der Waals surface area contributed by atoms with Crippen LogP contribution >= 0.6 is 0 Å². The minimum Gasteiger partial charge on any atom is -0.378 e. The SMILES string of the molecule is O=C1CCCN1CCC1CCN(C(=O)[C@@H](O)c2ccc(F)cc2)CC1. The van der Waals surface area contributed by atoms with E-state index in [-0.39, 0.29) is 17.6 Å². The van der Waals surface area contributed by atoms with Gasteiger partial charge in [0.2, 0.25) is 5.91 Å². The molecule has 2 saturated heterocycles. The van der Waals surface area contributed by atoms with Crippen LogP contribution in [0.2, 0.25) is 0 Å². The number of hydrogen-bond acceptors (Lipinski definition) is 3. The molecular weight excluding hydrogens is 323 g/mol. The first kappa shape index (κ1) is 17.9. The number of aliphatic hydroxyl groups excluding tert-OH is 1. The third-order valence-electron chi connectivity index (χ3n) is 5.32. The summed E-state index contributed by atoms with van der Waals surface area (Å²) < 4.78 is 13.0. The Balaban J connectivity index is 1.45. The van der Waals surface area contributed by atoms with Crippen molar-refractivity contribution >= 4 is 11.8 Å². The molecule has 0 aromatic heterocycles. The molecule has 3 rings (SSSR count). The van der Waals surface area contributed by atoms with Crippen molar-refractivity contribution in [2.75, 3.05) is 26.2 Å². The van der Waals surface area contributed by atoms with Crippen molar-refractivity contribution in [2.45, 2.75) is 38.2 Å². The molecule has 1 aromatic carbocycles. The number of carbonyl (C=O) groups is 2. The lowest BCUT2D eigenvalue weighted by Crippen LogP contribution is -2.41. The van der Waals surface area contributed by atoms with E-state index in [9.17, 15) is 19.1 Å². The van der Waals surface area contributed by atoms with Crippen LogP contribution in [0.3, 0.4) is 0 Å². The lowest BCUT2D eigenvalue weighted by Gasteiger charge is -2.34. The number of carbonyl (C=O) groups excluding carboxylic acids is 2. The molecule has 0 spiro atoms. The smallest absolute Gasteiger partial charge is 0.256 e. The molecule has 2 fully saturated rings. The van der Waals surface area contributed by atoms with Crippen LogP contribution < -0.4 is 0 Å². The summed E-state index contributed by atoms with van der Waals surface area (Å²) in [6.07, 6.45) is 3.17. The second kappa shape index (κ2) is 7.95. The maximum Gasteiger partial charge on any atom is 0.256 e. The van der Waals surface area contributed by atoms with E-state index >= 15 is 0 Å². The Hall–Kier alpha value is -1.95. The van der Waals surface area contributed by atoms with Crippen molar-refractivity contribution in [2.24, 2.45) is 5.92 Å².